The van der Waals surface area contributed by atoms with Crippen LogP contribution in [0, 0.1) is 0 Å². The Morgan fingerprint density at radius 1 is 1.29 bits per heavy atom. The van der Waals surface area contributed by atoms with E-state index in [4.69, 9.17) is 9.47 Å². The Morgan fingerprint density at radius 2 is 2.00 bits per heavy atom. The van der Waals surface area contributed by atoms with E-state index in [0.29, 0.717) is 12.0 Å². The van der Waals surface area contributed by atoms with Crippen LogP contribution in [0.15, 0.2) is 24.3 Å². The number of hydrogen-bond donors (Lipinski definition) is 0. The topological polar surface area (TPSA) is 42.0 Å². The molecular weight excluding hydrogens is 304 g/mol. The minimum absolute atomic E-state index is 0.0819. The number of morpholine rings is 1. The molecular formula is C19H28N2O3. The lowest BCUT2D eigenvalue weighted by atomic mass is 9.98. The van der Waals surface area contributed by atoms with E-state index in [1.54, 1.807) is 0 Å². The number of benzene rings is 1. The molecule has 2 aliphatic rings. The van der Waals surface area contributed by atoms with Crippen LogP contribution < -0.4 is 4.74 Å². The summed E-state index contributed by atoms with van der Waals surface area (Å²) in [7, 11) is 0. The molecule has 5 heteroatoms. The van der Waals surface area contributed by atoms with Crippen LogP contribution in [0.25, 0.3) is 0 Å². The number of ether oxygens (including phenoxy) is 2. The highest BCUT2D eigenvalue weighted by molar-refractivity contribution is 5.78. The Labute approximate surface area is 144 Å². The van der Waals surface area contributed by atoms with E-state index in [0.717, 1.165) is 51.6 Å². The first-order valence-electron chi connectivity index (χ1n) is 9.00. The van der Waals surface area contributed by atoms with Gasteiger partial charge in [-0.05, 0) is 24.0 Å². The van der Waals surface area contributed by atoms with Crippen molar-refractivity contribution < 1.29 is 14.3 Å². The highest BCUT2D eigenvalue weighted by atomic mass is 16.5. The van der Waals surface area contributed by atoms with Gasteiger partial charge in [0.25, 0.3) is 5.91 Å². The van der Waals surface area contributed by atoms with Gasteiger partial charge in [-0.2, -0.15) is 0 Å². The van der Waals surface area contributed by atoms with E-state index in [9.17, 15) is 4.79 Å². The zero-order valence-electron chi connectivity index (χ0n) is 14.7. The average Bonchev–Trinajstić information content (AvgIpc) is 2.59. The van der Waals surface area contributed by atoms with Gasteiger partial charge in [0, 0.05) is 32.2 Å². The van der Waals surface area contributed by atoms with Crippen molar-refractivity contribution in [1.82, 2.24) is 9.80 Å². The van der Waals surface area contributed by atoms with Crippen molar-refractivity contribution in [1.29, 1.82) is 0 Å². The largest absolute Gasteiger partial charge is 0.483 e. The van der Waals surface area contributed by atoms with Crippen molar-refractivity contribution in [2.24, 2.45) is 0 Å². The maximum absolute atomic E-state index is 12.3. The number of carbonyl (C=O) groups is 1. The lowest BCUT2D eigenvalue weighted by Crippen LogP contribution is -2.63. The van der Waals surface area contributed by atoms with Crippen LogP contribution in [0.1, 0.15) is 31.7 Å². The summed E-state index contributed by atoms with van der Waals surface area (Å²) in [5.74, 6) is 1.36. The Bertz CT molecular complexity index is 551. The molecule has 1 aromatic carbocycles. The summed E-state index contributed by atoms with van der Waals surface area (Å²) in [6.45, 7) is 9.68. The van der Waals surface area contributed by atoms with Gasteiger partial charge in [0.05, 0.1) is 13.2 Å². The number of para-hydroxylation sites is 1. The molecule has 2 fully saturated rings. The van der Waals surface area contributed by atoms with Crippen molar-refractivity contribution in [2.75, 3.05) is 46.0 Å². The van der Waals surface area contributed by atoms with Gasteiger partial charge < -0.3 is 14.4 Å². The van der Waals surface area contributed by atoms with Gasteiger partial charge in [-0.3, -0.25) is 9.69 Å². The molecule has 132 valence electrons. The minimum Gasteiger partial charge on any atom is -0.483 e. The number of carbonyl (C=O) groups excluding carboxylic acids is 1. The molecule has 24 heavy (non-hydrogen) atoms. The molecule has 0 unspecified atom stereocenters. The average molecular weight is 332 g/mol. The molecule has 1 amide bonds. The molecule has 2 heterocycles. The first kappa shape index (κ1) is 17.2. The summed E-state index contributed by atoms with van der Waals surface area (Å²) in [5, 5.41) is 0. The molecule has 0 aliphatic carbocycles. The standard InChI is InChI=1S/C19H28N2O3/c1-3-15(2)17-6-4-5-7-18(17)24-14-19(22)21-12-16(13-21)20-8-10-23-11-9-20/h4-7,15-16H,3,8-14H2,1-2H3/t15-/m1/s1. The molecule has 0 N–H and O–H groups in total. The van der Waals surface area contributed by atoms with Crippen molar-refractivity contribution in [3.05, 3.63) is 29.8 Å². The van der Waals surface area contributed by atoms with E-state index in [1.165, 1.54) is 5.56 Å². The van der Waals surface area contributed by atoms with Crippen LogP contribution in [-0.2, 0) is 9.53 Å². The predicted octanol–water partition coefficient (Wildman–Crippen LogP) is 2.12. The van der Waals surface area contributed by atoms with Gasteiger partial charge in [-0.1, -0.05) is 32.0 Å². The van der Waals surface area contributed by atoms with E-state index in [-0.39, 0.29) is 12.5 Å². The first-order chi connectivity index (χ1) is 11.7. The number of amides is 1. The smallest absolute Gasteiger partial charge is 0.260 e. The van der Waals surface area contributed by atoms with Gasteiger partial charge in [-0.25, -0.2) is 0 Å². The van der Waals surface area contributed by atoms with Crippen LogP contribution in [0.3, 0.4) is 0 Å². The SMILES string of the molecule is CC[C@@H](C)c1ccccc1OCC(=O)N1CC(N2CCOCC2)C1. The summed E-state index contributed by atoms with van der Waals surface area (Å²) < 4.78 is 11.2. The number of likely N-dealkylation sites (tertiary alicyclic amines) is 1. The monoisotopic (exact) mass is 332 g/mol. The Kier molecular flexibility index (Phi) is 5.74. The third kappa shape index (κ3) is 3.90. The van der Waals surface area contributed by atoms with Crippen molar-refractivity contribution in [2.45, 2.75) is 32.2 Å². The third-order valence-corrected chi connectivity index (χ3v) is 5.19. The molecule has 1 atom stereocenters. The summed E-state index contributed by atoms with van der Waals surface area (Å²) >= 11 is 0. The van der Waals surface area contributed by atoms with Crippen molar-refractivity contribution in [3.63, 3.8) is 0 Å². The first-order valence-corrected chi connectivity index (χ1v) is 9.00. The molecule has 3 rings (SSSR count). The van der Waals surface area contributed by atoms with E-state index < -0.39 is 0 Å². The molecule has 0 saturated carbocycles. The zero-order chi connectivity index (χ0) is 16.9. The Hall–Kier alpha value is -1.59. The summed E-state index contributed by atoms with van der Waals surface area (Å²) in [6, 6.07) is 8.53. The maximum Gasteiger partial charge on any atom is 0.260 e. The normalized spacial score (nSPS) is 20.5. The van der Waals surface area contributed by atoms with Gasteiger partial charge in [0.1, 0.15) is 5.75 Å². The van der Waals surface area contributed by atoms with Crippen LogP contribution in [0.2, 0.25) is 0 Å². The molecule has 2 saturated heterocycles. The number of hydrogen-bond acceptors (Lipinski definition) is 4. The lowest BCUT2D eigenvalue weighted by Gasteiger charge is -2.46. The van der Waals surface area contributed by atoms with Crippen molar-refractivity contribution >= 4 is 5.91 Å². The Balaban J connectivity index is 1.47. The summed E-state index contributed by atoms with van der Waals surface area (Å²) in [6.07, 6.45) is 1.06. The third-order valence-electron chi connectivity index (χ3n) is 5.19. The number of nitrogens with zero attached hydrogens (tertiary/aromatic N) is 2. The van der Waals surface area contributed by atoms with Crippen LogP contribution in [0.5, 0.6) is 5.75 Å². The van der Waals surface area contributed by atoms with E-state index in [1.807, 2.05) is 23.1 Å². The Morgan fingerprint density at radius 3 is 2.71 bits per heavy atom. The second-order valence-corrected chi connectivity index (χ2v) is 6.74. The summed E-state index contributed by atoms with van der Waals surface area (Å²) in [5.41, 5.74) is 1.18. The van der Waals surface area contributed by atoms with E-state index >= 15 is 0 Å². The van der Waals surface area contributed by atoms with Crippen LogP contribution >= 0.6 is 0 Å². The molecule has 0 radical (unpaired) electrons. The molecule has 1 aromatic rings. The minimum atomic E-state index is 0.0819. The quantitative estimate of drug-likeness (QED) is 0.800. The van der Waals surface area contributed by atoms with Gasteiger partial charge >= 0.3 is 0 Å². The van der Waals surface area contributed by atoms with Gasteiger partial charge in [0.2, 0.25) is 0 Å². The highest BCUT2D eigenvalue weighted by Gasteiger charge is 2.35. The highest BCUT2D eigenvalue weighted by Crippen LogP contribution is 2.28. The summed E-state index contributed by atoms with van der Waals surface area (Å²) in [4.78, 5) is 16.7. The second kappa shape index (κ2) is 7.99. The van der Waals surface area contributed by atoms with Crippen LogP contribution in [-0.4, -0.2) is 67.7 Å². The lowest BCUT2D eigenvalue weighted by molar-refractivity contribution is -0.142. The maximum atomic E-state index is 12.3. The fourth-order valence-corrected chi connectivity index (χ4v) is 3.30. The molecule has 0 bridgehead atoms. The van der Waals surface area contributed by atoms with Crippen LogP contribution in [0.4, 0.5) is 0 Å². The van der Waals surface area contributed by atoms with E-state index in [2.05, 4.69) is 24.8 Å². The van der Waals surface area contributed by atoms with Gasteiger partial charge in [0.15, 0.2) is 6.61 Å². The molecule has 0 spiro atoms. The fourth-order valence-electron chi connectivity index (χ4n) is 3.30. The second-order valence-electron chi connectivity index (χ2n) is 6.74. The van der Waals surface area contributed by atoms with Gasteiger partial charge in [-0.15, -0.1) is 0 Å². The number of rotatable bonds is 6. The zero-order valence-corrected chi connectivity index (χ0v) is 14.7. The molecule has 0 aromatic heterocycles. The predicted molar refractivity (Wildman–Crippen MR) is 93.4 cm³/mol. The molecule has 5 nitrogen and oxygen atoms in total. The molecule has 2 aliphatic heterocycles. The fraction of sp³-hybridized carbons (Fsp3) is 0.632. The van der Waals surface area contributed by atoms with Crippen molar-refractivity contribution in [3.8, 4) is 5.75 Å².